The molecule has 0 aliphatic carbocycles. The molecule has 0 saturated carbocycles. The SMILES string of the molecule is CC1(C)OC(=N[C@@H](CCO)c2ccccc2F)NS(=O)(=O)[C@H]1c1ccc(-c2ccc(C(N)=O)cc2)cc1. The normalized spacial score (nSPS) is 20.0. The summed E-state index contributed by atoms with van der Waals surface area (Å²) in [6.07, 6.45) is 0.0846. The second kappa shape index (κ2) is 10.3. The molecule has 4 rings (SSSR count). The third-order valence-corrected chi connectivity index (χ3v) is 8.11. The summed E-state index contributed by atoms with van der Waals surface area (Å²) < 4.78 is 49.5. The van der Waals surface area contributed by atoms with E-state index in [0.717, 1.165) is 11.1 Å². The van der Waals surface area contributed by atoms with Gasteiger partial charge in [-0.25, -0.2) is 22.5 Å². The molecule has 1 fully saturated rings. The van der Waals surface area contributed by atoms with Gasteiger partial charge < -0.3 is 15.6 Å². The number of rotatable bonds is 7. The van der Waals surface area contributed by atoms with E-state index in [2.05, 4.69) is 9.71 Å². The number of nitrogens with two attached hydrogens (primary N) is 1. The van der Waals surface area contributed by atoms with Crippen LogP contribution >= 0.6 is 0 Å². The average Bonchev–Trinajstić information content (AvgIpc) is 2.83. The van der Waals surface area contributed by atoms with E-state index in [9.17, 15) is 22.7 Å². The van der Waals surface area contributed by atoms with E-state index in [1.165, 1.54) is 18.2 Å². The minimum absolute atomic E-state index is 0.0846. The third-order valence-electron chi connectivity index (χ3n) is 6.19. The largest absolute Gasteiger partial charge is 0.457 e. The molecule has 37 heavy (non-hydrogen) atoms. The molecule has 1 amide bonds. The minimum Gasteiger partial charge on any atom is -0.457 e. The topological polar surface area (TPSA) is 131 Å². The Hall–Kier alpha value is -3.76. The van der Waals surface area contributed by atoms with Gasteiger partial charge in [0.1, 0.15) is 16.7 Å². The van der Waals surface area contributed by atoms with Crippen LogP contribution in [0.1, 0.15) is 53.0 Å². The molecule has 2 atom stereocenters. The van der Waals surface area contributed by atoms with Crippen LogP contribution < -0.4 is 10.5 Å². The number of aliphatic imine (C=N–C) groups is 1. The Morgan fingerprint density at radius 3 is 2.22 bits per heavy atom. The molecule has 1 heterocycles. The summed E-state index contributed by atoms with van der Waals surface area (Å²) in [6, 6.07) is 18.7. The van der Waals surface area contributed by atoms with E-state index < -0.39 is 38.6 Å². The fourth-order valence-electron chi connectivity index (χ4n) is 4.49. The zero-order valence-corrected chi connectivity index (χ0v) is 21.2. The monoisotopic (exact) mass is 525 g/mol. The molecule has 10 heteroatoms. The van der Waals surface area contributed by atoms with E-state index >= 15 is 0 Å². The van der Waals surface area contributed by atoms with Gasteiger partial charge in [-0.3, -0.25) is 4.79 Å². The van der Waals surface area contributed by atoms with Crippen molar-refractivity contribution in [3.63, 3.8) is 0 Å². The Balaban J connectivity index is 1.61. The first kappa shape index (κ1) is 26.3. The first-order valence-electron chi connectivity index (χ1n) is 11.7. The maximum absolute atomic E-state index is 14.4. The molecule has 8 nitrogen and oxygen atoms in total. The predicted molar refractivity (Wildman–Crippen MR) is 139 cm³/mol. The number of carbonyl (C=O) groups excluding carboxylic acids is 1. The molecule has 1 saturated heterocycles. The quantitative estimate of drug-likeness (QED) is 0.431. The van der Waals surface area contributed by atoms with Gasteiger partial charge in [0, 0.05) is 17.7 Å². The van der Waals surface area contributed by atoms with Gasteiger partial charge in [-0.05, 0) is 55.2 Å². The van der Waals surface area contributed by atoms with Crippen LogP contribution in [0.15, 0.2) is 77.8 Å². The van der Waals surface area contributed by atoms with E-state index in [0.29, 0.717) is 11.1 Å². The van der Waals surface area contributed by atoms with Crippen LogP contribution in [0.2, 0.25) is 0 Å². The van der Waals surface area contributed by atoms with Gasteiger partial charge in [0.05, 0.1) is 6.04 Å². The summed E-state index contributed by atoms with van der Waals surface area (Å²) in [6.45, 7) is 3.02. The van der Waals surface area contributed by atoms with Crippen molar-refractivity contribution in [2.24, 2.45) is 10.7 Å². The van der Waals surface area contributed by atoms with E-state index in [-0.39, 0.29) is 24.6 Å². The van der Waals surface area contributed by atoms with Gasteiger partial charge >= 0.3 is 0 Å². The standard InChI is InChI=1S/C27H28FN3O5S/c1-27(2)24(19-11-7-17(8-12-19)18-9-13-20(14-10-18)25(29)33)37(34,35)31-26(36-27)30-23(15-16-32)21-5-3-4-6-22(21)28/h3-14,23-24,32H,15-16H2,1-2H3,(H2,29,33)(H,30,31)/t23-,24-/m0/s1. The Morgan fingerprint density at radius 1 is 1.08 bits per heavy atom. The Labute approximate surface area is 215 Å². The molecular weight excluding hydrogens is 497 g/mol. The summed E-state index contributed by atoms with van der Waals surface area (Å²) in [4.78, 5) is 15.6. The molecule has 0 unspecified atom stereocenters. The van der Waals surface area contributed by atoms with Crippen LogP contribution in [0.4, 0.5) is 4.39 Å². The fourth-order valence-corrected chi connectivity index (χ4v) is 6.25. The summed E-state index contributed by atoms with van der Waals surface area (Å²) in [7, 11) is -3.99. The first-order chi connectivity index (χ1) is 17.5. The van der Waals surface area contributed by atoms with Gasteiger partial charge in [0.25, 0.3) is 6.02 Å². The van der Waals surface area contributed by atoms with Gasteiger partial charge in [-0.15, -0.1) is 0 Å². The molecular formula is C27H28FN3O5S. The number of primary amides is 1. The molecule has 4 N–H and O–H groups in total. The van der Waals surface area contributed by atoms with Crippen molar-refractivity contribution in [1.29, 1.82) is 0 Å². The zero-order chi connectivity index (χ0) is 26.8. The molecule has 1 aliphatic rings. The van der Waals surface area contributed by atoms with E-state index in [4.69, 9.17) is 10.5 Å². The van der Waals surface area contributed by atoms with Crippen molar-refractivity contribution in [2.45, 2.75) is 37.2 Å². The number of benzene rings is 3. The number of aliphatic hydroxyl groups is 1. The van der Waals surface area contributed by atoms with Crippen LogP contribution in [0.25, 0.3) is 11.1 Å². The highest BCUT2D eigenvalue weighted by atomic mass is 32.2. The van der Waals surface area contributed by atoms with Gasteiger partial charge in [-0.1, -0.05) is 54.6 Å². The smallest absolute Gasteiger partial charge is 0.299 e. The number of sulfonamides is 1. The van der Waals surface area contributed by atoms with Crippen LogP contribution in [-0.2, 0) is 14.8 Å². The average molecular weight is 526 g/mol. The zero-order valence-electron chi connectivity index (χ0n) is 20.4. The molecule has 0 radical (unpaired) electrons. The maximum atomic E-state index is 14.4. The van der Waals surface area contributed by atoms with Crippen molar-refractivity contribution >= 4 is 22.0 Å². The van der Waals surface area contributed by atoms with Crippen molar-refractivity contribution < 1.29 is 27.4 Å². The Kier molecular flexibility index (Phi) is 7.33. The number of nitrogens with one attached hydrogen (secondary N) is 1. The van der Waals surface area contributed by atoms with E-state index in [1.54, 1.807) is 68.4 Å². The van der Waals surface area contributed by atoms with Crippen molar-refractivity contribution in [1.82, 2.24) is 4.72 Å². The number of amidine groups is 1. The number of carbonyl (C=O) groups is 1. The third kappa shape index (κ3) is 5.65. The lowest BCUT2D eigenvalue weighted by Crippen LogP contribution is -2.53. The van der Waals surface area contributed by atoms with Crippen LogP contribution in [-0.4, -0.2) is 37.7 Å². The van der Waals surface area contributed by atoms with Crippen molar-refractivity contribution in [2.75, 3.05) is 6.61 Å². The number of nitrogens with zero attached hydrogens (tertiary/aromatic N) is 1. The summed E-state index contributed by atoms with van der Waals surface area (Å²) in [5.74, 6) is -1.02. The van der Waals surface area contributed by atoms with Crippen molar-refractivity contribution in [3.8, 4) is 11.1 Å². The molecule has 3 aromatic carbocycles. The summed E-state index contributed by atoms with van der Waals surface area (Å²) in [5, 5.41) is 8.41. The highest BCUT2D eigenvalue weighted by Gasteiger charge is 2.48. The molecule has 194 valence electrons. The minimum atomic E-state index is -3.99. The molecule has 0 bridgehead atoms. The second-order valence-corrected chi connectivity index (χ2v) is 11.0. The van der Waals surface area contributed by atoms with Crippen LogP contribution in [0.5, 0.6) is 0 Å². The maximum Gasteiger partial charge on any atom is 0.299 e. The molecule has 1 aliphatic heterocycles. The van der Waals surface area contributed by atoms with Crippen LogP contribution in [0, 0.1) is 5.82 Å². The number of halogens is 1. The lowest BCUT2D eigenvalue weighted by Gasteiger charge is -2.39. The number of hydrogen-bond acceptors (Lipinski definition) is 6. The van der Waals surface area contributed by atoms with Crippen LogP contribution in [0.3, 0.4) is 0 Å². The molecule has 0 spiro atoms. The first-order valence-corrected chi connectivity index (χ1v) is 13.2. The highest BCUT2D eigenvalue weighted by molar-refractivity contribution is 7.90. The van der Waals surface area contributed by atoms with Gasteiger partial charge in [0.15, 0.2) is 0 Å². The number of ether oxygens (including phenoxy) is 1. The van der Waals surface area contributed by atoms with Gasteiger partial charge in [-0.2, -0.15) is 0 Å². The Bertz CT molecular complexity index is 1420. The lowest BCUT2D eigenvalue weighted by atomic mass is 9.95. The van der Waals surface area contributed by atoms with E-state index in [1.807, 2.05) is 0 Å². The molecule has 0 aromatic heterocycles. The Morgan fingerprint density at radius 2 is 1.68 bits per heavy atom. The second-order valence-electron chi connectivity index (χ2n) is 9.28. The number of aliphatic hydroxyl groups excluding tert-OH is 1. The fraction of sp³-hybridized carbons (Fsp3) is 0.259. The van der Waals surface area contributed by atoms with Gasteiger partial charge in [0.2, 0.25) is 15.9 Å². The highest BCUT2D eigenvalue weighted by Crippen LogP contribution is 2.39. The summed E-state index contributed by atoms with van der Waals surface area (Å²) >= 11 is 0. The predicted octanol–water partition coefficient (Wildman–Crippen LogP) is 3.84. The number of amides is 1. The lowest BCUT2D eigenvalue weighted by molar-refractivity contribution is 0.0758. The number of hydrogen-bond donors (Lipinski definition) is 3. The molecule has 3 aromatic rings. The summed E-state index contributed by atoms with van der Waals surface area (Å²) in [5.41, 5.74) is 6.88. The van der Waals surface area contributed by atoms with Crippen molar-refractivity contribution in [3.05, 3.63) is 95.3 Å².